The van der Waals surface area contributed by atoms with E-state index in [-0.39, 0.29) is 11.4 Å². The van der Waals surface area contributed by atoms with Crippen LogP contribution >= 0.6 is 0 Å². The van der Waals surface area contributed by atoms with Crippen LogP contribution in [-0.4, -0.2) is 27.6 Å². The predicted molar refractivity (Wildman–Crippen MR) is 71.6 cm³/mol. The molecule has 108 valence electrons. The highest BCUT2D eigenvalue weighted by molar-refractivity contribution is 6.37. The van der Waals surface area contributed by atoms with Gasteiger partial charge in [0.05, 0.1) is 6.42 Å². The molecule has 0 bridgehead atoms. The van der Waals surface area contributed by atoms with E-state index in [1.165, 1.54) is 18.3 Å². The van der Waals surface area contributed by atoms with E-state index < -0.39 is 24.0 Å². The Morgan fingerprint density at radius 3 is 2.43 bits per heavy atom. The Balaban J connectivity index is 2.04. The number of H-pyrrole nitrogens is 1. The van der Waals surface area contributed by atoms with Crippen molar-refractivity contribution in [3.63, 3.8) is 0 Å². The van der Waals surface area contributed by atoms with Crippen LogP contribution in [0.15, 0.2) is 36.5 Å². The van der Waals surface area contributed by atoms with Gasteiger partial charge in [-0.1, -0.05) is 12.1 Å². The Morgan fingerprint density at radius 1 is 1.14 bits per heavy atom. The summed E-state index contributed by atoms with van der Waals surface area (Å²) in [6, 6.07) is 7.50. The van der Waals surface area contributed by atoms with Crippen LogP contribution in [0.25, 0.3) is 0 Å². The second kappa shape index (κ2) is 6.13. The third kappa shape index (κ3) is 3.85. The number of carboxylic acid groups (broad SMARTS) is 1. The first-order valence-electron chi connectivity index (χ1n) is 6.17. The fourth-order valence-electron chi connectivity index (χ4n) is 1.85. The van der Waals surface area contributed by atoms with Crippen LogP contribution in [0.1, 0.15) is 28.0 Å². The molecule has 0 saturated carbocycles. The Bertz CT molecular complexity index is 688. The van der Waals surface area contributed by atoms with Gasteiger partial charge in [0.1, 0.15) is 5.82 Å². The topological polar surface area (TPSA) is 87.2 Å². The zero-order valence-electron chi connectivity index (χ0n) is 10.9. The number of rotatable bonds is 6. The maximum Gasteiger partial charge on any atom is 0.372 e. The molecule has 2 rings (SSSR count). The highest BCUT2D eigenvalue weighted by atomic mass is 19.1. The minimum atomic E-state index is -1.62. The Morgan fingerprint density at radius 2 is 1.81 bits per heavy atom. The zero-order chi connectivity index (χ0) is 15.4. The van der Waals surface area contributed by atoms with E-state index >= 15 is 0 Å². The zero-order valence-corrected chi connectivity index (χ0v) is 10.9. The number of halogens is 1. The highest BCUT2D eigenvalue weighted by Crippen LogP contribution is 2.12. The Labute approximate surface area is 119 Å². The number of hydrogen-bond acceptors (Lipinski definition) is 3. The van der Waals surface area contributed by atoms with Gasteiger partial charge in [0.25, 0.3) is 0 Å². The van der Waals surface area contributed by atoms with Crippen molar-refractivity contribution in [3.8, 4) is 0 Å². The second-order valence-corrected chi connectivity index (χ2v) is 4.55. The number of carboxylic acids is 1. The van der Waals surface area contributed by atoms with Crippen molar-refractivity contribution in [1.82, 2.24) is 4.98 Å². The van der Waals surface area contributed by atoms with Gasteiger partial charge in [0.15, 0.2) is 5.78 Å². The summed E-state index contributed by atoms with van der Waals surface area (Å²) in [6.45, 7) is 0. The summed E-state index contributed by atoms with van der Waals surface area (Å²) in [5, 5.41) is 8.46. The highest BCUT2D eigenvalue weighted by Gasteiger charge is 2.18. The van der Waals surface area contributed by atoms with E-state index in [9.17, 15) is 18.8 Å². The molecule has 2 N–H and O–H groups in total. The number of aromatic nitrogens is 1. The molecule has 0 saturated heterocycles. The molecule has 0 unspecified atom stereocenters. The normalized spacial score (nSPS) is 10.3. The van der Waals surface area contributed by atoms with Gasteiger partial charge < -0.3 is 10.1 Å². The van der Waals surface area contributed by atoms with Crippen LogP contribution in [0.4, 0.5) is 4.39 Å². The Hall–Kier alpha value is -2.76. The molecule has 0 aliphatic rings. The van der Waals surface area contributed by atoms with Crippen molar-refractivity contribution in [2.45, 2.75) is 12.8 Å². The van der Waals surface area contributed by atoms with Crippen molar-refractivity contribution >= 4 is 17.5 Å². The second-order valence-electron chi connectivity index (χ2n) is 4.55. The van der Waals surface area contributed by atoms with Gasteiger partial charge in [-0.3, -0.25) is 9.59 Å². The van der Waals surface area contributed by atoms with E-state index in [1.807, 2.05) is 0 Å². The molecule has 2 aromatic rings. The molecule has 0 fully saturated rings. The van der Waals surface area contributed by atoms with Gasteiger partial charge in [-0.05, 0) is 23.8 Å². The monoisotopic (exact) mass is 289 g/mol. The van der Waals surface area contributed by atoms with E-state index in [0.29, 0.717) is 12.1 Å². The summed E-state index contributed by atoms with van der Waals surface area (Å²) in [5.41, 5.74) is 1.83. The third-order valence-electron chi connectivity index (χ3n) is 2.93. The molecule has 1 heterocycles. The van der Waals surface area contributed by atoms with Crippen molar-refractivity contribution < 1.29 is 23.9 Å². The van der Waals surface area contributed by atoms with Crippen LogP contribution in [0, 0.1) is 5.82 Å². The van der Waals surface area contributed by atoms with E-state index in [0.717, 1.165) is 5.56 Å². The molecule has 5 nitrogen and oxygen atoms in total. The van der Waals surface area contributed by atoms with Gasteiger partial charge in [-0.25, -0.2) is 9.18 Å². The maximum absolute atomic E-state index is 12.8. The molecule has 0 radical (unpaired) electrons. The number of hydrogen-bond donors (Lipinski definition) is 2. The lowest BCUT2D eigenvalue weighted by molar-refractivity contribution is -0.148. The van der Waals surface area contributed by atoms with E-state index in [4.69, 9.17) is 5.11 Å². The first kappa shape index (κ1) is 14.6. The molecule has 0 aliphatic carbocycles. The molecular weight excluding hydrogens is 277 g/mol. The third-order valence-corrected chi connectivity index (χ3v) is 2.93. The molecule has 0 amide bonds. The van der Waals surface area contributed by atoms with Crippen molar-refractivity contribution in [1.29, 1.82) is 0 Å². The first-order chi connectivity index (χ1) is 9.95. The molecule has 0 atom stereocenters. The van der Waals surface area contributed by atoms with Gasteiger partial charge in [-0.2, -0.15) is 0 Å². The van der Waals surface area contributed by atoms with Crippen molar-refractivity contribution in [2.24, 2.45) is 0 Å². The van der Waals surface area contributed by atoms with E-state index in [2.05, 4.69) is 4.98 Å². The maximum atomic E-state index is 12.8. The number of benzene rings is 1. The molecular formula is C15H12FNO4. The molecule has 1 aromatic heterocycles. The molecule has 0 aliphatic heterocycles. The number of carbonyl (C=O) groups is 3. The summed E-state index contributed by atoms with van der Waals surface area (Å²) in [5.74, 6) is -3.64. The van der Waals surface area contributed by atoms with Gasteiger partial charge in [0, 0.05) is 23.9 Å². The predicted octanol–water partition coefficient (Wildman–Crippen LogP) is 1.97. The number of Topliss-reactive ketones (excluding diaryl/α,β-unsaturated/α-hetero) is 2. The largest absolute Gasteiger partial charge is 0.475 e. The molecule has 0 spiro atoms. The van der Waals surface area contributed by atoms with Crippen LogP contribution in [0.3, 0.4) is 0 Å². The van der Waals surface area contributed by atoms with Gasteiger partial charge in [0.2, 0.25) is 5.78 Å². The SMILES string of the molecule is O=C(O)C(=O)CC(=O)c1c[nH]c(Cc2ccc(F)cc2)c1. The summed E-state index contributed by atoms with van der Waals surface area (Å²) in [6.07, 6.45) is 1.24. The standard InChI is InChI=1S/C15H12FNO4/c16-11-3-1-9(2-4-11)5-12-6-10(8-17-12)13(18)7-14(19)15(20)21/h1-4,6,8,17H,5,7H2,(H,20,21). The molecule has 21 heavy (non-hydrogen) atoms. The van der Waals surface area contributed by atoms with Gasteiger partial charge >= 0.3 is 5.97 Å². The minimum absolute atomic E-state index is 0.252. The number of ketones is 2. The lowest BCUT2D eigenvalue weighted by Crippen LogP contribution is -2.16. The average Bonchev–Trinajstić information content (AvgIpc) is 2.90. The lowest BCUT2D eigenvalue weighted by Gasteiger charge is -1.98. The summed E-state index contributed by atoms with van der Waals surface area (Å²) < 4.78 is 12.8. The fourth-order valence-corrected chi connectivity index (χ4v) is 1.85. The van der Waals surface area contributed by atoms with Crippen LogP contribution in [0.2, 0.25) is 0 Å². The average molecular weight is 289 g/mol. The molecule has 6 heteroatoms. The number of aromatic amines is 1. The summed E-state index contributed by atoms with van der Waals surface area (Å²) in [7, 11) is 0. The fraction of sp³-hybridized carbons (Fsp3) is 0.133. The van der Waals surface area contributed by atoms with Crippen LogP contribution in [-0.2, 0) is 16.0 Å². The van der Waals surface area contributed by atoms with Crippen molar-refractivity contribution in [3.05, 3.63) is 59.2 Å². The van der Waals surface area contributed by atoms with E-state index in [1.54, 1.807) is 18.2 Å². The Kier molecular flexibility index (Phi) is 4.27. The number of carbonyl (C=O) groups excluding carboxylic acids is 2. The van der Waals surface area contributed by atoms with Crippen molar-refractivity contribution in [2.75, 3.05) is 0 Å². The van der Waals surface area contributed by atoms with Gasteiger partial charge in [-0.15, -0.1) is 0 Å². The smallest absolute Gasteiger partial charge is 0.372 e. The first-order valence-corrected chi connectivity index (χ1v) is 6.17. The number of aliphatic carboxylic acids is 1. The number of nitrogens with one attached hydrogen (secondary N) is 1. The molecule has 1 aromatic carbocycles. The van der Waals surface area contributed by atoms with Crippen LogP contribution in [0.5, 0.6) is 0 Å². The summed E-state index contributed by atoms with van der Waals surface area (Å²) in [4.78, 5) is 36.0. The van der Waals surface area contributed by atoms with Crippen LogP contribution < -0.4 is 0 Å². The minimum Gasteiger partial charge on any atom is -0.475 e. The quantitative estimate of drug-likeness (QED) is 0.483. The lowest BCUT2D eigenvalue weighted by atomic mass is 10.1. The summed E-state index contributed by atoms with van der Waals surface area (Å²) >= 11 is 0.